The fourth-order valence-electron chi connectivity index (χ4n) is 2.73. The molecule has 2 nitrogen and oxygen atoms in total. The Kier molecular flexibility index (Phi) is 3.31. The maximum absolute atomic E-state index is 5.54. The second-order valence-electron chi connectivity index (χ2n) is 5.39. The number of fused-ring (bicyclic) bond motifs is 1. The van der Waals surface area contributed by atoms with Crippen molar-refractivity contribution in [3.63, 3.8) is 0 Å². The van der Waals surface area contributed by atoms with Gasteiger partial charge in [-0.15, -0.1) is 0 Å². The molecule has 0 heterocycles. The Bertz CT molecular complexity index is 358. The fraction of sp³-hybridized carbons (Fsp3) is 0.571. The fourth-order valence-corrected chi connectivity index (χ4v) is 2.73. The van der Waals surface area contributed by atoms with E-state index in [-0.39, 0.29) is 0 Å². The minimum atomic E-state index is 0.318. The smallest absolute Gasteiger partial charge is 0.0377 e. The largest absolute Gasteiger partial charge is 0.330 e. The predicted molar refractivity (Wildman–Crippen MR) is 68.3 cm³/mol. The van der Waals surface area contributed by atoms with Gasteiger partial charge in [0.1, 0.15) is 0 Å². The molecule has 0 saturated heterocycles. The van der Waals surface area contributed by atoms with Gasteiger partial charge in [0.05, 0.1) is 0 Å². The van der Waals surface area contributed by atoms with Crippen molar-refractivity contribution in [3.8, 4) is 0 Å². The van der Waals surface area contributed by atoms with Crippen molar-refractivity contribution in [2.75, 3.05) is 13.1 Å². The maximum Gasteiger partial charge on any atom is 0.0377 e. The van der Waals surface area contributed by atoms with Crippen molar-refractivity contribution in [2.45, 2.75) is 32.7 Å². The summed E-state index contributed by atoms with van der Waals surface area (Å²) in [6.45, 7) is 6.46. The van der Waals surface area contributed by atoms with Crippen molar-refractivity contribution < 1.29 is 0 Å². The molecule has 16 heavy (non-hydrogen) atoms. The Balaban J connectivity index is 2.15. The highest BCUT2D eigenvalue weighted by molar-refractivity contribution is 5.37. The molecule has 0 radical (unpaired) electrons. The van der Waals surface area contributed by atoms with Gasteiger partial charge in [-0.25, -0.2) is 0 Å². The molecule has 2 heteroatoms. The molecule has 3 N–H and O–H groups in total. The third-order valence-corrected chi connectivity index (χ3v) is 3.52. The van der Waals surface area contributed by atoms with Crippen LogP contribution in [0.15, 0.2) is 24.3 Å². The standard InChI is InChI=1S/C14H22N2/c1-14(2)10-11-6-3-4-7-12(11)13(14)16-9-5-8-15/h3-4,6-7,13,16H,5,8-10,15H2,1-2H3. The van der Waals surface area contributed by atoms with Crippen molar-refractivity contribution in [1.29, 1.82) is 0 Å². The van der Waals surface area contributed by atoms with Crippen LogP contribution in [0.1, 0.15) is 37.4 Å². The summed E-state index contributed by atoms with van der Waals surface area (Å²) < 4.78 is 0. The van der Waals surface area contributed by atoms with Gasteiger partial charge >= 0.3 is 0 Å². The van der Waals surface area contributed by atoms with Crippen LogP contribution in [0.4, 0.5) is 0 Å². The first-order valence-corrected chi connectivity index (χ1v) is 6.16. The Morgan fingerprint density at radius 1 is 1.38 bits per heavy atom. The second-order valence-corrected chi connectivity index (χ2v) is 5.39. The topological polar surface area (TPSA) is 38.0 Å². The van der Waals surface area contributed by atoms with Crippen LogP contribution >= 0.6 is 0 Å². The van der Waals surface area contributed by atoms with Crippen molar-refractivity contribution in [1.82, 2.24) is 5.32 Å². The van der Waals surface area contributed by atoms with Crippen molar-refractivity contribution in [2.24, 2.45) is 11.1 Å². The molecule has 1 aliphatic rings. The zero-order chi connectivity index (χ0) is 11.6. The predicted octanol–water partition coefficient (Wildman–Crippen LogP) is 2.25. The molecule has 0 saturated carbocycles. The van der Waals surface area contributed by atoms with E-state index in [2.05, 4.69) is 43.4 Å². The van der Waals surface area contributed by atoms with Crippen LogP contribution in [0.2, 0.25) is 0 Å². The first-order valence-electron chi connectivity index (χ1n) is 6.16. The zero-order valence-corrected chi connectivity index (χ0v) is 10.3. The lowest BCUT2D eigenvalue weighted by atomic mass is 9.85. The van der Waals surface area contributed by atoms with E-state index >= 15 is 0 Å². The van der Waals surface area contributed by atoms with Crippen LogP contribution in [0.3, 0.4) is 0 Å². The number of hydrogen-bond donors (Lipinski definition) is 2. The summed E-state index contributed by atoms with van der Waals surface area (Å²) >= 11 is 0. The molecule has 1 aromatic rings. The highest BCUT2D eigenvalue weighted by Crippen LogP contribution is 2.44. The molecule has 0 amide bonds. The number of nitrogens with two attached hydrogens (primary N) is 1. The van der Waals surface area contributed by atoms with E-state index < -0.39 is 0 Å². The van der Waals surface area contributed by atoms with Crippen LogP contribution in [0.25, 0.3) is 0 Å². The van der Waals surface area contributed by atoms with Gasteiger partial charge in [0.25, 0.3) is 0 Å². The van der Waals surface area contributed by atoms with Crippen LogP contribution < -0.4 is 11.1 Å². The minimum absolute atomic E-state index is 0.318. The van der Waals surface area contributed by atoms with Gasteiger partial charge in [-0.3, -0.25) is 0 Å². The van der Waals surface area contributed by atoms with E-state index in [4.69, 9.17) is 5.73 Å². The Morgan fingerprint density at radius 3 is 2.88 bits per heavy atom. The molecular formula is C14H22N2. The molecule has 1 atom stereocenters. The van der Waals surface area contributed by atoms with E-state index in [1.165, 1.54) is 17.5 Å². The van der Waals surface area contributed by atoms with Gasteiger partial charge in [0, 0.05) is 6.04 Å². The number of nitrogens with one attached hydrogen (secondary N) is 1. The van der Waals surface area contributed by atoms with Crippen LogP contribution in [-0.2, 0) is 6.42 Å². The summed E-state index contributed by atoms with van der Waals surface area (Å²) in [5.74, 6) is 0. The number of hydrogen-bond acceptors (Lipinski definition) is 2. The third-order valence-electron chi connectivity index (χ3n) is 3.52. The lowest BCUT2D eigenvalue weighted by Crippen LogP contribution is -2.32. The van der Waals surface area contributed by atoms with Crippen LogP contribution in [-0.4, -0.2) is 13.1 Å². The first kappa shape index (κ1) is 11.6. The van der Waals surface area contributed by atoms with Gasteiger partial charge in [0.15, 0.2) is 0 Å². The summed E-state index contributed by atoms with van der Waals surface area (Å²) in [4.78, 5) is 0. The summed E-state index contributed by atoms with van der Waals surface area (Å²) in [6, 6.07) is 9.26. The Hall–Kier alpha value is -0.860. The molecule has 0 spiro atoms. The molecule has 0 aromatic heterocycles. The van der Waals surface area contributed by atoms with Crippen LogP contribution in [0.5, 0.6) is 0 Å². The number of rotatable bonds is 4. The lowest BCUT2D eigenvalue weighted by Gasteiger charge is -2.28. The molecule has 1 unspecified atom stereocenters. The van der Waals surface area contributed by atoms with E-state index in [9.17, 15) is 0 Å². The molecule has 0 bridgehead atoms. The van der Waals surface area contributed by atoms with Gasteiger partial charge in [-0.2, -0.15) is 0 Å². The number of benzene rings is 1. The maximum atomic E-state index is 5.54. The average Bonchev–Trinajstić information content (AvgIpc) is 2.50. The highest BCUT2D eigenvalue weighted by Gasteiger charge is 2.37. The molecule has 1 aliphatic carbocycles. The SMILES string of the molecule is CC1(C)Cc2ccccc2C1NCCCN. The van der Waals surface area contributed by atoms with Crippen molar-refractivity contribution in [3.05, 3.63) is 35.4 Å². The van der Waals surface area contributed by atoms with E-state index in [1.807, 2.05) is 0 Å². The summed E-state index contributed by atoms with van der Waals surface area (Å²) in [5, 5.41) is 3.65. The first-order chi connectivity index (χ1) is 7.65. The van der Waals surface area contributed by atoms with Crippen LogP contribution in [0, 0.1) is 5.41 Å². The second kappa shape index (κ2) is 4.56. The molecule has 2 rings (SSSR count). The lowest BCUT2D eigenvalue weighted by molar-refractivity contribution is 0.269. The molecule has 88 valence electrons. The summed E-state index contributed by atoms with van der Waals surface area (Å²) in [7, 11) is 0. The van der Waals surface area contributed by atoms with E-state index in [0.717, 1.165) is 19.5 Å². The normalized spacial score (nSPS) is 22.1. The Labute approximate surface area is 98.2 Å². The monoisotopic (exact) mass is 218 g/mol. The van der Waals surface area contributed by atoms with Crippen molar-refractivity contribution >= 4 is 0 Å². The molecular weight excluding hydrogens is 196 g/mol. The van der Waals surface area contributed by atoms with E-state index in [0.29, 0.717) is 11.5 Å². The van der Waals surface area contributed by atoms with Gasteiger partial charge < -0.3 is 11.1 Å². The molecule has 1 aromatic carbocycles. The summed E-state index contributed by atoms with van der Waals surface area (Å²) in [6.07, 6.45) is 2.22. The zero-order valence-electron chi connectivity index (χ0n) is 10.3. The summed E-state index contributed by atoms with van der Waals surface area (Å²) in [5.41, 5.74) is 8.83. The van der Waals surface area contributed by atoms with E-state index in [1.54, 1.807) is 0 Å². The highest BCUT2D eigenvalue weighted by atomic mass is 14.9. The average molecular weight is 218 g/mol. The Morgan fingerprint density at radius 2 is 2.12 bits per heavy atom. The molecule has 0 aliphatic heterocycles. The molecule has 0 fully saturated rings. The van der Waals surface area contributed by atoms with Gasteiger partial charge in [0.2, 0.25) is 0 Å². The quantitative estimate of drug-likeness (QED) is 0.761. The third kappa shape index (κ3) is 2.13. The minimum Gasteiger partial charge on any atom is -0.330 e. The van der Waals surface area contributed by atoms with Gasteiger partial charge in [-0.05, 0) is 42.5 Å². The van der Waals surface area contributed by atoms with Gasteiger partial charge in [-0.1, -0.05) is 38.1 Å².